The summed E-state index contributed by atoms with van der Waals surface area (Å²) in [7, 11) is -3.56. The number of carbonyl (C=O) groups excluding carboxylic acids is 2. The highest BCUT2D eigenvalue weighted by molar-refractivity contribution is 7.90. The van der Waals surface area contributed by atoms with Gasteiger partial charge < -0.3 is 10.2 Å². The van der Waals surface area contributed by atoms with E-state index in [-0.39, 0.29) is 34.9 Å². The van der Waals surface area contributed by atoms with Gasteiger partial charge in [-0.05, 0) is 55.9 Å². The monoisotopic (exact) mass is 503 g/mol. The number of halogens is 1. The first-order valence-corrected chi connectivity index (χ1v) is 13.7. The highest BCUT2D eigenvalue weighted by Gasteiger charge is 2.38. The van der Waals surface area contributed by atoms with Crippen molar-refractivity contribution in [3.63, 3.8) is 0 Å². The topological polar surface area (TPSA) is 113 Å². The molecule has 1 aromatic carbocycles. The standard InChI is InChI=1S/C24H30FN5O4S/c1-4-16-13-26-24(27-14-16)30-9-7-17(11-22(30)31)29-8-5-6-19(23(29)32)28-20-10-15(2)21(12-18(20)25)35(3,33)34/h10,12-14,17,19,28H,4-9,11H2,1-3H3/t17-,19?/m0/s1. The van der Waals surface area contributed by atoms with E-state index in [1.54, 1.807) is 29.1 Å². The fraction of sp³-hybridized carbons (Fsp3) is 0.500. The Hall–Kier alpha value is -3.08. The number of benzene rings is 1. The number of nitrogens with one attached hydrogen (secondary N) is 1. The molecule has 35 heavy (non-hydrogen) atoms. The van der Waals surface area contributed by atoms with Crippen molar-refractivity contribution in [1.82, 2.24) is 14.9 Å². The number of hydrogen-bond acceptors (Lipinski definition) is 7. The molecule has 2 aliphatic rings. The number of aromatic nitrogens is 2. The second-order valence-corrected chi connectivity index (χ2v) is 11.2. The van der Waals surface area contributed by atoms with Crippen molar-refractivity contribution in [2.24, 2.45) is 0 Å². The minimum Gasteiger partial charge on any atom is -0.371 e. The summed E-state index contributed by atoms with van der Waals surface area (Å²) in [6.45, 7) is 4.55. The van der Waals surface area contributed by atoms with Gasteiger partial charge in [-0.15, -0.1) is 0 Å². The third kappa shape index (κ3) is 5.29. The van der Waals surface area contributed by atoms with Crippen LogP contribution in [0.15, 0.2) is 29.4 Å². The number of rotatable bonds is 6. The molecule has 3 heterocycles. The zero-order valence-electron chi connectivity index (χ0n) is 20.1. The fourth-order valence-corrected chi connectivity index (χ4v) is 5.68. The van der Waals surface area contributed by atoms with Gasteiger partial charge in [0.15, 0.2) is 9.84 Å². The van der Waals surface area contributed by atoms with Crippen LogP contribution in [-0.4, -0.2) is 66.5 Å². The minimum absolute atomic E-state index is 0.0734. The van der Waals surface area contributed by atoms with Gasteiger partial charge in [0.25, 0.3) is 0 Å². The molecule has 11 heteroatoms. The van der Waals surface area contributed by atoms with Crippen LogP contribution in [-0.2, 0) is 25.8 Å². The van der Waals surface area contributed by atoms with Crippen molar-refractivity contribution in [1.29, 1.82) is 0 Å². The molecule has 0 bridgehead atoms. The maximum Gasteiger partial charge on any atom is 0.245 e. The Labute approximate surface area is 204 Å². The van der Waals surface area contributed by atoms with Crippen LogP contribution in [0.5, 0.6) is 0 Å². The molecule has 4 rings (SSSR count). The first-order chi connectivity index (χ1) is 16.6. The number of carbonyl (C=O) groups is 2. The predicted octanol–water partition coefficient (Wildman–Crippen LogP) is 2.49. The Morgan fingerprint density at radius 2 is 1.86 bits per heavy atom. The first kappa shape index (κ1) is 25.0. The van der Waals surface area contributed by atoms with Crippen LogP contribution in [0.3, 0.4) is 0 Å². The fourth-order valence-electron chi connectivity index (χ4n) is 4.72. The van der Waals surface area contributed by atoms with Gasteiger partial charge in [0.1, 0.15) is 11.9 Å². The van der Waals surface area contributed by atoms with Gasteiger partial charge in [-0.25, -0.2) is 22.8 Å². The zero-order valence-corrected chi connectivity index (χ0v) is 20.9. The largest absolute Gasteiger partial charge is 0.371 e. The first-order valence-electron chi connectivity index (χ1n) is 11.8. The SMILES string of the molecule is CCc1cnc(N2CC[C@H](N3CCCC(Nc4cc(C)c(S(C)(=O)=O)cc4F)C3=O)CC2=O)nc1. The highest BCUT2D eigenvalue weighted by Crippen LogP contribution is 2.28. The van der Waals surface area contributed by atoms with Crippen molar-refractivity contribution in [2.45, 2.75) is 62.9 Å². The lowest BCUT2D eigenvalue weighted by Gasteiger charge is -2.41. The van der Waals surface area contributed by atoms with Crippen LogP contribution < -0.4 is 10.2 Å². The zero-order chi connectivity index (χ0) is 25.3. The number of nitrogens with zero attached hydrogens (tertiary/aromatic N) is 4. The van der Waals surface area contributed by atoms with E-state index in [4.69, 9.17) is 0 Å². The summed E-state index contributed by atoms with van der Waals surface area (Å²) < 4.78 is 38.4. The molecule has 1 unspecified atom stereocenters. The summed E-state index contributed by atoms with van der Waals surface area (Å²) in [4.78, 5) is 37.9. The van der Waals surface area contributed by atoms with Crippen LogP contribution in [0.4, 0.5) is 16.0 Å². The van der Waals surface area contributed by atoms with Crippen molar-refractivity contribution < 1.29 is 22.4 Å². The van der Waals surface area contributed by atoms with E-state index in [0.717, 1.165) is 24.3 Å². The molecule has 1 aromatic heterocycles. The van der Waals surface area contributed by atoms with Crippen LogP contribution in [0.2, 0.25) is 0 Å². The Morgan fingerprint density at radius 1 is 1.14 bits per heavy atom. The maximum absolute atomic E-state index is 14.7. The molecule has 2 amide bonds. The van der Waals surface area contributed by atoms with Crippen molar-refractivity contribution in [2.75, 3.05) is 29.6 Å². The van der Waals surface area contributed by atoms with Gasteiger partial charge in [0.05, 0.1) is 10.6 Å². The Balaban J connectivity index is 1.44. The molecule has 188 valence electrons. The smallest absolute Gasteiger partial charge is 0.245 e. The van der Waals surface area contributed by atoms with Gasteiger partial charge >= 0.3 is 0 Å². The van der Waals surface area contributed by atoms with Crippen molar-refractivity contribution in [3.05, 3.63) is 41.5 Å². The summed E-state index contributed by atoms with van der Waals surface area (Å²) >= 11 is 0. The third-order valence-electron chi connectivity index (χ3n) is 6.65. The minimum atomic E-state index is -3.56. The Kier molecular flexibility index (Phi) is 7.07. The van der Waals surface area contributed by atoms with Gasteiger partial charge in [-0.3, -0.25) is 14.5 Å². The van der Waals surface area contributed by atoms with E-state index in [1.807, 2.05) is 6.92 Å². The molecular formula is C24H30FN5O4S. The van der Waals surface area contributed by atoms with E-state index in [9.17, 15) is 22.4 Å². The molecule has 2 saturated heterocycles. The van der Waals surface area contributed by atoms with Crippen LogP contribution in [0.25, 0.3) is 0 Å². The number of sulfone groups is 1. The predicted molar refractivity (Wildman–Crippen MR) is 129 cm³/mol. The average molecular weight is 504 g/mol. The summed E-state index contributed by atoms with van der Waals surface area (Å²) in [6.07, 6.45) is 7.28. The van der Waals surface area contributed by atoms with E-state index >= 15 is 0 Å². The molecule has 1 N–H and O–H groups in total. The highest BCUT2D eigenvalue weighted by atomic mass is 32.2. The summed E-state index contributed by atoms with van der Waals surface area (Å²) in [5.41, 5.74) is 1.49. The van der Waals surface area contributed by atoms with Crippen LogP contribution in [0.1, 0.15) is 43.7 Å². The van der Waals surface area contributed by atoms with Crippen LogP contribution in [0, 0.1) is 12.7 Å². The number of anilines is 2. The molecule has 0 spiro atoms. The second kappa shape index (κ2) is 9.88. The lowest BCUT2D eigenvalue weighted by molar-refractivity contribution is -0.138. The molecule has 2 aliphatic heterocycles. The molecule has 2 aromatic rings. The average Bonchev–Trinajstić information content (AvgIpc) is 2.82. The summed E-state index contributed by atoms with van der Waals surface area (Å²) in [5, 5.41) is 2.97. The molecule has 2 atom stereocenters. The molecule has 2 fully saturated rings. The van der Waals surface area contributed by atoms with Crippen LogP contribution >= 0.6 is 0 Å². The Bertz CT molecular complexity index is 1240. The molecule has 0 aliphatic carbocycles. The molecule has 0 saturated carbocycles. The lowest BCUT2D eigenvalue weighted by Crippen LogP contribution is -2.56. The molecular weight excluding hydrogens is 473 g/mol. The summed E-state index contributed by atoms with van der Waals surface area (Å²) in [5.74, 6) is -0.668. The quantitative estimate of drug-likeness (QED) is 0.644. The maximum atomic E-state index is 14.7. The van der Waals surface area contributed by atoms with Gasteiger partial charge in [-0.1, -0.05) is 6.92 Å². The van der Waals surface area contributed by atoms with Crippen molar-refractivity contribution >= 4 is 33.3 Å². The number of likely N-dealkylation sites (tertiary alicyclic amines) is 1. The number of aryl methyl sites for hydroxylation is 2. The second-order valence-electron chi connectivity index (χ2n) is 9.18. The van der Waals surface area contributed by atoms with E-state index in [0.29, 0.717) is 43.9 Å². The van der Waals surface area contributed by atoms with Gasteiger partial charge in [0, 0.05) is 44.2 Å². The molecule has 0 radical (unpaired) electrons. The number of hydrogen-bond donors (Lipinski definition) is 1. The lowest BCUT2D eigenvalue weighted by atomic mass is 9.96. The third-order valence-corrected chi connectivity index (χ3v) is 7.88. The Morgan fingerprint density at radius 3 is 2.49 bits per heavy atom. The van der Waals surface area contributed by atoms with E-state index < -0.39 is 21.7 Å². The molecule has 9 nitrogen and oxygen atoms in total. The number of amides is 2. The normalized spacial score (nSPS) is 21.4. The van der Waals surface area contributed by atoms with Gasteiger partial charge in [0.2, 0.25) is 17.8 Å². The number of piperidine rings is 2. The van der Waals surface area contributed by atoms with Gasteiger partial charge in [-0.2, -0.15) is 0 Å². The van der Waals surface area contributed by atoms with E-state index in [2.05, 4.69) is 15.3 Å². The van der Waals surface area contributed by atoms with Crippen molar-refractivity contribution in [3.8, 4) is 0 Å². The van der Waals surface area contributed by atoms with E-state index in [1.165, 1.54) is 6.07 Å². The summed E-state index contributed by atoms with van der Waals surface area (Å²) in [6, 6.07) is 1.51.